The van der Waals surface area contributed by atoms with Gasteiger partial charge in [0.05, 0.1) is 11.0 Å². The molecule has 3 aliphatic rings. The van der Waals surface area contributed by atoms with Crippen LogP contribution in [0.3, 0.4) is 0 Å². The number of para-hydroxylation sites is 1. The lowest BCUT2D eigenvalue weighted by molar-refractivity contribution is 0.451. The van der Waals surface area contributed by atoms with Crippen LogP contribution in [-0.4, -0.2) is 4.57 Å². The normalized spacial score (nSPS) is 15.4. The van der Waals surface area contributed by atoms with Crippen molar-refractivity contribution in [3.8, 4) is 61.3 Å². The summed E-state index contributed by atoms with van der Waals surface area (Å²) in [5.74, 6) is 0.718. The molecule has 0 radical (unpaired) electrons. The van der Waals surface area contributed by atoms with E-state index in [1.807, 2.05) is 0 Å². The highest BCUT2D eigenvalue weighted by atomic mass is 15.2. The summed E-state index contributed by atoms with van der Waals surface area (Å²) in [5.41, 5.74) is 24.2. The molecule has 11 aromatic rings. The highest BCUT2D eigenvalue weighted by Gasteiger charge is 2.27. The summed E-state index contributed by atoms with van der Waals surface area (Å²) in [4.78, 5) is 2.44. The first-order chi connectivity index (χ1) is 38.1. The van der Waals surface area contributed by atoms with Crippen LogP contribution in [0.4, 0.5) is 11.4 Å². The van der Waals surface area contributed by atoms with E-state index in [1.165, 1.54) is 119 Å². The Morgan fingerprint density at radius 1 is 0.455 bits per heavy atom. The summed E-state index contributed by atoms with van der Waals surface area (Å²) < 4.78 is 2.47. The first kappa shape index (κ1) is 46.3. The van der Waals surface area contributed by atoms with Crippen molar-refractivity contribution < 1.29 is 0 Å². The van der Waals surface area contributed by atoms with E-state index >= 15 is 0 Å². The average molecular weight is 987 g/mol. The third-order valence-electron chi connectivity index (χ3n) is 16.5. The van der Waals surface area contributed by atoms with Crippen LogP contribution in [-0.2, 0) is 0 Å². The van der Waals surface area contributed by atoms with Crippen LogP contribution < -0.4 is 4.90 Å². The Hall–Kier alpha value is -9.24. The lowest BCUT2D eigenvalue weighted by Crippen LogP contribution is -2.20. The standard InChI is InChI=1S/C75H58N2/c1-51-45-60(61-36-33-54-21-11-12-23-59(54)46-61)40-44-72(51)76(66-41-37-56(38-42-66)55-31-34-58(35-32-55)69-30-16-24-57-22-13-14-29-68(57)69)67-28-15-25-63(47-67)71-48-64(53-19-7-3-8-20-53)50-74-75(71)70-43-39-62(52-17-5-2-6-18-52)49-73(70)77(74)65-26-9-4-10-27-65/h2-10,13-20,22,24-32,34-44,46-50,54H,1,11-12,21,23,33,45H2. The van der Waals surface area contributed by atoms with Crippen LogP contribution >= 0.6 is 0 Å². The van der Waals surface area contributed by atoms with Crippen molar-refractivity contribution in [1.82, 2.24) is 4.57 Å². The van der Waals surface area contributed by atoms with Crippen molar-refractivity contribution in [2.75, 3.05) is 4.90 Å². The zero-order valence-corrected chi connectivity index (χ0v) is 43.2. The van der Waals surface area contributed by atoms with Crippen LogP contribution in [0.15, 0.2) is 295 Å². The average Bonchev–Trinajstić information content (AvgIpc) is 3.84. The highest BCUT2D eigenvalue weighted by molar-refractivity contribution is 6.17. The molecule has 1 saturated carbocycles. The Kier molecular flexibility index (Phi) is 11.9. The molecule has 368 valence electrons. The minimum Gasteiger partial charge on any atom is -0.310 e. The zero-order chi connectivity index (χ0) is 51.2. The van der Waals surface area contributed by atoms with Crippen LogP contribution in [0.2, 0.25) is 0 Å². The van der Waals surface area contributed by atoms with Crippen molar-refractivity contribution in [3.63, 3.8) is 0 Å². The fourth-order valence-electron chi connectivity index (χ4n) is 12.6. The van der Waals surface area contributed by atoms with Crippen LogP contribution in [0, 0.1) is 5.92 Å². The zero-order valence-electron chi connectivity index (χ0n) is 43.2. The molecule has 0 N–H and O–H groups in total. The number of rotatable bonds is 10. The molecule has 0 amide bonds. The van der Waals surface area contributed by atoms with Gasteiger partial charge in [-0.15, -0.1) is 0 Å². The molecule has 1 atom stereocenters. The molecule has 2 heteroatoms. The van der Waals surface area contributed by atoms with Crippen molar-refractivity contribution in [2.45, 2.75) is 38.5 Å². The lowest BCUT2D eigenvalue weighted by atomic mass is 9.76. The van der Waals surface area contributed by atoms with Gasteiger partial charge in [-0.05, 0) is 182 Å². The molecule has 14 rings (SSSR count). The van der Waals surface area contributed by atoms with E-state index in [9.17, 15) is 0 Å². The summed E-state index contributed by atoms with van der Waals surface area (Å²) in [6.07, 6.45) is 16.9. The molecule has 0 aliphatic heterocycles. The van der Waals surface area contributed by atoms with Crippen LogP contribution in [0.1, 0.15) is 38.5 Å². The van der Waals surface area contributed by atoms with Gasteiger partial charge in [-0.1, -0.05) is 219 Å². The number of fused-ring (bicyclic) bond motifs is 5. The van der Waals surface area contributed by atoms with Crippen molar-refractivity contribution in [1.29, 1.82) is 0 Å². The molecular weight excluding hydrogens is 929 g/mol. The van der Waals surface area contributed by atoms with Gasteiger partial charge in [0.15, 0.2) is 0 Å². The van der Waals surface area contributed by atoms with Gasteiger partial charge in [0.1, 0.15) is 0 Å². The monoisotopic (exact) mass is 986 g/mol. The van der Waals surface area contributed by atoms with Gasteiger partial charge in [0, 0.05) is 33.5 Å². The molecule has 10 aromatic carbocycles. The molecule has 3 aliphatic carbocycles. The fraction of sp³-hybridized carbons (Fsp3) is 0.0933. The number of allylic oxidation sites excluding steroid dienone is 8. The van der Waals surface area contributed by atoms with Crippen molar-refractivity contribution in [2.24, 2.45) is 5.92 Å². The number of hydrogen-bond acceptors (Lipinski definition) is 1. The molecule has 1 fully saturated rings. The van der Waals surface area contributed by atoms with E-state index < -0.39 is 0 Å². The van der Waals surface area contributed by atoms with Gasteiger partial charge in [-0.2, -0.15) is 0 Å². The number of nitrogens with zero attached hydrogens (tertiary/aromatic N) is 2. The van der Waals surface area contributed by atoms with Gasteiger partial charge < -0.3 is 9.47 Å². The second kappa shape index (κ2) is 19.8. The third kappa shape index (κ3) is 8.66. The molecule has 0 bridgehead atoms. The van der Waals surface area contributed by atoms with E-state index in [2.05, 4.69) is 270 Å². The predicted molar refractivity (Wildman–Crippen MR) is 327 cm³/mol. The first-order valence-corrected chi connectivity index (χ1v) is 27.5. The molecule has 1 aromatic heterocycles. The predicted octanol–water partition coefficient (Wildman–Crippen LogP) is 20.6. The summed E-state index contributed by atoms with van der Waals surface area (Å²) >= 11 is 0. The number of hydrogen-bond donors (Lipinski definition) is 0. The second-order valence-electron chi connectivity index (χ2n) is 21.2. The van der Waals surface area contributed by atoms with Gasteiger partial charge in [0.25, 0.3) is 0 Å². The second-order valence-corrected chi connectivity index (χ2v) is 21.2. The maximum absolute atomic E-state index is 4.87. The third-order valence-corrected chi connectivity index (χ3v) is 16.5. The van der Waals surface area contributed by atoms with E-state index in [1.54, 1.807) is 5.57 Å². The molecule has 2 nitrogen and oxygen atoms in total. The Morgan fingerprint density at radius 3 is 1.87 bits per heavy atom. The Labute approximate surface area is 452 Å². The van der Waals surface area contributed by atoms with E-state index in [-0.39, 0.29) is 0 Å². The van der Waals surface area contributed by atoms with Crippen LogP contribution in [0.25, 0.3) is 93.9 Å². The minimum absolute atomic E-state index is 0.718. The number of benzene rings is 10. The van der Waals surface area contributed by atoms with Gasteiger partial charge in [0.2, 0.25) is 0 Å². The molecule has 1 unspecified atom stereocenters. The Bertz CT molecular complexity index is 4180. The maximum Gasteiger partial charge on any atom is 0.0553 e. The quantitative estimate of drug-likeness (QED) is 0.133. The Balaban J connectivity index is 0.914. The SMILES string of the molecule is C=C1CC(C2=CCC3CCCCC3=C2)=CC=C1N(c1ccc(-c2ccc(-c3cccc4ccccc34)cc2)cc1)c1cccc(-c2cc(-c3ccccc3)cc3c2c2ccc(-c4ccccc4)cc2n3-c2ccccc2)c1. The van der Waals surface area contributed by atoms with Gasteiger partial charge >= 0.3 is 0 Å². The van der Waals surface area contributed by atoms with Crippen molar-refractivity contribution >= 4 is 44.0 Å². The molecular formula is C75H58N2. The minimum atomic E-state index is 0.718. The smallest absolute Gasteiger partial charge is 0.0553 e. The van der Waals surface area contributed by atoms with Crippen molar-refractivity contribution in [3.05, 3.63) is 295 Å². The summed E-state index contributed by atoms with van der Waals surface area (Å²) in [6, 6.07) is 86.8. The van der Waals surface area contributed by atoms with E-state index in [4.69, 9.17) is 6.58 Å². The summed E-state index contributed by atoms with van der Waals surface area (Å²) in [5, 5.41) is 4.97. The first-order valence-electron chi connectivity index (χ1n) is 27.5. The molecule has 1 heterocycles. The highest BCUT2D eigenvalue weighted by Crippen LogP contribution is 2.46. The molecule has 77 heavy (non-hydrogen) atoms. The largest absolute Gasteiger partial charge is 0.310 e. The van der Waals surface area contributed by atoms with E-state index in [0.717, 1.165) is 52.7 Å². The maximum atomic E-state index is 4.87. The summed E-state index contributed by atoms with van der Waals surface area (Å²) in [6.45, 7) is 4.87. The number of anilines is 2. The Morgan fingerprint density at radius 2 is 1.09 bits per heavy atom. The van der Waals surface area contributed by atoms with Gasteiger partial charge in [-0.3, -0.25) is 0 Å². The topological polar surface area (TPSA) is 8.17 Å². The molecule has 0 spiro atoms. The lowest BCUT2D eigenvalue weighted by Gasteiger charge is -2.33. The molecule has 0 saturated heterocycles. The fourth-order valence-corrected chi connectivity index (χ4v) is 12.6. The van der Waals surface area contributed by atoms with Crippen LogP contribution in [0.5, 0.6) is 0 Å². The number of aromatic nitrogens is 1. The van der Waals surface area contributed by atoms with E-state index in [0.29, 0.717) is 0 Å². The van der Waals surface area contributed by atoms with Gasteiger partial charge in [-0.25, -0.2) is 0 Å². The summed E-state index contributed by atoms with van der Waals surface area (Å²) in [7, 11) is 0.